The van der Waals surface area contributed by atoms with Crippen LogP contribution in [0.15, 0.2) is 36.3 Å². The first-order chi connectivity index (χ1) is 11.4. The third kappa shape index (κ3) is 5.16. The van der Waals surface area contributed by atoms with Crippen molar-refractivity contribution in [3.8, 4) is 0 Å². The molecular formula is C14H15N3O7. The molecule has 10 heteroatoms. The minimum absolute atomic E-state index is 0.125. The number of rotatable bonds is 6. The summed E-state index contributed by atoms with van der Waals surface area (Å²) in [5, 5.41) is 7.49. The molecule has 2 aliphatic heterocycles. The minimum Gasteiger partial charge on any atom is -0.459 e. The largest absolute Gasteiger partial charge is 0.459 e. The van der Waals surface area contributed by atoms with E-state index in [1.54, 1.807) is 0 Å². The van der Waals surface area contributed by atoms with E-state index in [0.29, 0.717) is 5.82 Å². The maximum Gasteiger partial charge on any atom is 0.407 e. The van der Waals surface area contributed by atoms with Gasteiger partial charge < -0.3 is 30.2 Å². The van der Waals surface area contributed by atoms with Crippen molar-refractivity contribution >= 4 is 23.9 Å². The lowest BCUT2D eigenvalue weighted by molar-refractivity contribution is -0.141. The van der Waals surface area contributed by atoms with Crippen molar-refractivity contribution in [1.29, 1.82) is 0 Å². The van der Waals surface area contributed by atoms with Gasteiger partial charge in [-0.1, -0.05) is 6.58 Å². The van der Waals surface area contributed by atoms with Crippen LogP contribution in [-0.2, 0) is 28.6 Å². The van der Waals surface area contributed by atoms with E-state index in [9.17, 15) is 19.2 Å². The average molecular weight is 337 g/mol. The molecule has 0 aromatic rings. The molecule has 2 rings (SSSR count). The molecule has 1 fully saturated rings. The van der Waals surface area contributed by atoms with Gasteiger partial charge in [0, 0.05) is 18.4 Å². The quantitative estimate of drug-likeness (QED) is 0.313. The Labute approximate surface area is 136 Å². The molecule has 0 radical (unpaired) electrons. The Morgan fingerprint density at radius 2 is 2.00 bits per heavy atom. The maximum absolute atomic E-state index is 11.5. The van der Waals surface area contributed by atoms with Crippen molar-refractivity contribution in [2.75, 3.05) is 19.8 Å². The predicted molar refractivity (Wildman–Crippen MR) is 77.8 cm³/mol. The number of carbonyl (C=O) groups excluding carboxylic acids is 4. The summed E-state index contributed by atoms with van der Waals surface area (Å²) in [5.74, 6) is -1.72. The molecule has 0 aliphatic carbocycles. The lowest BCUT2D eigenvalue weighted by atomic mass is 10.2. The Morgan fingerprint density at radius 3 is 2.62 bits per heavy atom. The van der Waals surface area contributed by atoms with Crippen LogP contribution < -0.4 is 16.0 Å². The van der Waals surface area contributed by atoms with Gasteiger partial charge in [0.25, 0.3) is 5.91 Å². The van der Waals surface area contributed by atoms with E-state index in [1.807, 2.05) is 0 Å². The second-order valence-corrected chi connectivity index (χ2v) is 4.73. The molecule has 1 saturated heterocycles. The van der Waals surface area contributed by atoms with Crippen LogP contribution >= 0.6 is 0 Å². The number of esters is 2. The van der Waals surface area contributed by atoms with Gasteiger partial charge in [0.05, 0.1) is 12.1 Å². The second kappa shape index (κ2) is 7.81. The number of alkyl carbamates (subject to hydrolysis) is 1. The number of amides is 2. The summed E-state index contributed by atoms with van der Waals surface area (Å²) in [4.78, 5) is 45.2. The highest BCUT2D eigenvalue weighted by atomic mass is 16.6. The summed E-state index contributed by atoms with van der Waals surface area (Å²) in [6.07, 6.45) is 1.98. The van der Waals surface area contributed by atoms with Gasteiger partial charge in [-0.15, -0.1) is 0 Å². The normalized spacial score (nSPS) is 19.8. The van der Waals surface area contributed by atoms with E-state index >= 15 is 0 Å². The molecule has 1 atom stereocenters. The molecule has 0 saturated carbocycles. The van der Waals surface area contributed by atoms with Crippen LogP contribution in [0.1, 0.15) is 0 Å². The number of nitrogens with one attached hydrogen (secondary N) is 3. The maximum atomic E-state index is 11.5. The van der Waals surface area contributed by atoms with E-state index in [1.165, 1.54) is 6.20 Å². The zero-order valence-corrected chi connectivity index (χ0v) is 12.5. The molecule has 1 unspecified atom stereocenters. The predicted octanol–water partition coefficient (Wildman–Crippen LogP) is -1.19. The van der Waals surface area contributed by atoms with Gasteiger partial charge in [-0.2, -0.15) is 0 Å². The van der Waals surface area contributed by atoms with Crippen LogP contribution in [0.25, 0.3) is 0 Å². The Balaban J connectivity index is 1.68. The van der Waals surface area contributed by atoms with Crippen LogP contribution in [0.5, 0.6) is 0 Å². The zero-order chi connectivity index (χ0) is 17.5. The van der Waals surface area contributed by atoms with E-state index in [0.717, 1.165) is 12.2 Å². The van der Waals surface area contributed by atoms with Crippen molar-refractivity contribution in [2.45, 2.75) is 6.10 Å². The fourth-order valence-corrected chi connectivity index (χ4v) is 1.68. The summed E-state index contributed by atoms with van der Waals surface area (Å²) < 4.78 is 14.4. The van der Waals surface area contributed by atoms with E-state index in [2.05, 4.69) is 22.5 Å². The number of cyclic esters (lactones) is 1. The van der Waals surface area contributed by atoms with E-state index in [4.69, 9.17) is 14.2 Å². The number of ether oxygens (including phenoxy) is 3. The molecule has 24 heavy (non-hydrogen) atoms. The Hall–Kier alpha value is -3.30. The minimum atomic E-state index is -0.820. The van der Waals surface area contributed by atoms with E-state index in [-0.39, 0.29) is 25.3 Å². The molecule has 3 N–H and O–H groups in total. The number of hydrogen-bond donors (Lipinski definition) is 3. The van der Waals surface area contributed by atoms with Crippen LogP contribution in [0.2, 0.25) is 0 Å². The van der Waals surface area contributed by atoms with Crippen molar-refractivity contribution in [3.63, 3.8) is 0 Å². The molecule has 0 aromatic carbocycles. The highest BCUT2D eigenvalue weighted by molar-refractivity contribution is 5.96. The fraction of sp³-hybridized carbons (Fsp3) is 0.286. The summed E-state index contributed by atoms with van der Waals surface area (Å²) in [7, 11) is 0. The summed E-state index contributed by atoms with van der Waals surface area (Å²) >= 11 is 0. The number of carbonyl (C=O) groups is 4. The molecular weight excluding hydrogens is 322 g/mol. The summed E-state index contributed by atoms with van der Waals surface area (Å²) in [5.41, 5.74) is 0.197. The van der Waals surface area contributed by atoms with Gasteiger partial charge in [0.1, 0.15) is 19.0 Å². The average Bonchev–Trinajstić information content (AvgIpc) is 2.95. The lowest BCUT2D eigenvalue weighted by Gasteiger charge is -2.16. The van der Waals surface area contributed by atoms with Crippen LogP contribution in [-0.4, -0.2) is 49.8 Å². The molecule has 0 spiro atoms. The van der Waals surface area contributed by atoms with Gasteiger partial charge in [-0.3, -0.25) is 4.79 Å². The summed E-state index contributed by atoms with van der Waals surface area (Å²) in [6, 6.07) is 0. The molecule has 2 amide bonds. The second-order valence-electron chi connectivity index (χ2n) is 4.73. The first-order valence-corrected chi connectivity index (χ1v) is 6.86. The van der Waals surface area contributed by atoms with Crippen LogP contribution in [0, 0.1) is 0 Å². The zero-order valence-electron chi connectivity index (χ0n) is 12.5. The van der Waals surface area contributed by atoms with Crippen LogP contribution in [0.3, 0.4) is 0 Å². The molecule has 10 nitrogen and oxygen atoms in total. The Morgan fingerprint density at radius 1 is 1.29 bits per heavy atom. The first kappa shape index (κ1) is 17.1. The fourth-order valence-electron chi connectivity index (χ4n) is 1.68. The first-order valence-electron chi connectivity index (χ1n) is 6.86. The molecule has 0 bridgehead atoms. The van der Waals surface area contributed by atoms with Crippen molar-refractivity contribution < 1.29 is 33.4 Å². The molecule has 2 heterocycles. The van der Waals surface area contributed by atoms with Crippen molar-refractivity contribution in [3.05, 3.63) is 36.3 Å². The van der Waals surface area contributed by atoms with Crippen molar-refractivity contribution in [2.24, 2.45) is 0 Å². The monoisotopic (exact) mass is 337 g/mol. The highest BCUT2D eigenvalue weighted by Gasteiger charge is 2.23. The van der Waals surface area contributed by atoms with Gasteiger partial charge in [0.15, 0.2) is 6.10 Å². The SMILES string of the molecule is C=C1NC=C(COC(=O)/C=C/C(=O)OCC2CNC(=O)O2)C(=O)N1. The van der Waals surface area contributed by atoms with Gasteiger partial charge in [-0.05, 0) is 0 Å². The molecule has 128 valence electrons. The lowest BCUT2D eigenvalue weighted by Crippen LogP contribution is -2.36. The molecule has 0 aromatic heterocycles. The number of hydrogen-bond acceptors (Lipinski definition) is 8. The Bertz CT molecular complexity index is 638. The Kier molecular flexibility index (Phi) is 5.55. The van der Waals surface area contributed by atoms with E-state index < -0.39 is 30.0 Å². The molecule has 2 aliphatic rings. The highest BCUT2D eigenvalue weighted by Crippen LogP contribution is 2.03. The van der Waals surface area contributed by atoms with Gasteiger partial charge in [-0.25, -0.2) is 14.4 Å². The smallest absolute Gasteiger partial charge is 0.407 e. The van der Waals surface area contributed by atoms with Gasteiger partial charge >= 0.3 is 18.0 Å². The summed E-state index contributed by atoms with van der Waals surface area (Å²) in [6.45, 7) is 3.35. The standard InChI is InChI=1S/C14H15N3O7/c1-8-15-4-9(13(20)17-8)6-22-11(18)2-3-12(19)23-7-10-5-16-14(21)24-10/h2-4,10,15H,1,5-7H2,(H,16,21)(H,17,20)/b3-2+. The third-order valence-corrected chi connectivity index (χ3v) is 2.86. The van der Waals surface area contributed by atoms with Crippen LogP contribution in [0.4, 0.5) is 4.79 Å². The van der Waals surface area contributed by atoms with Crippen molar-refractivity contribution in [1.82, 2.24) is 16.0 Å². The third-order valence-electron chi connectivity index (χ3n) is 2.86. The van der Waals surface area contributed by atoms with Gasteiger partial charge in [0.2, 0.25) is 0 Å². The topological polar surface area (TPSA) is 132 Å².